The molecule has 1 atom stereocenters. The number of benzene rings is 2. The summed E-state index contributed by atoms with van der Waals surface area (Å²) in [5.74, 6) is -0.379. The molecule has 0 radical (unpaired) electrons. The first-order valence-corrected chi connectivity index (χ1v) is 10.2. The maximum atomic E-state index is 14.3. The van der Waals surface area contributed by atoms with E-state index in [9.17, 15) is 28.2 Å². The minimum atomic E-state index is -5.00. The van der Waals surface area contributed by atoms with Crippen molar-refractivity contribution in [3.05, 3.63) is 59.9 Å². The number of hydrogen-bond acceptors (Lipinski definition) is 5. The van der Waals surface area contributed by atoms with Crippen LogP contribution in [0.15, 0.2) is 48.8 Å². The van der Waals surface area contributed by atoms with Crippen molar-refractivity contribution in [2.45, 2.75) is 17.9 Å². The SMILES string of the molecule is Cn1cc(-c2cc(OCC(=O)N3CC(O)C3)cc3c2-c2ccccc2C3(O)C(F)(F)F)cn1. The number of β-amino-alcohol motifs (C(OH)–C–C–N with tert-alkyl or cyclic N) is 1. The minimum absolute atomic E-state index is 0.0116. The number of aliphatic hydroxyl groups excluding tert-OH is 1. The lowest BCUT2D eigenvalue weighted by atomic mass is 9.89. The van der Waals surface area contributed by atoms with E-state index in [0.29, 0.717) is 11.1 Å². The van der Waals surface area contributed by atoms with Gasteiger partial charge in [-0.05, 0) is 28.8 Å². The Kier molecular flexibility index (Phi) is 4.77. The molecule has 1 aliphatic heterocycles. The second-order valence-electron chi connectivity index (χ2n) is 8.29. The van der Waals surface area contributed by atoms with Gasteiger partial charge in [0.05, 0.1) is 12.3 Å². The largest absolute Gasteiger partial charge is 0.484 e. The number of fused-ring (bicyclic) bond motifs is 3. The molecule has 2 N–H and O–H groups in total. The molecule has 1 fully saturated rings. The molecule has 2 heterocycles. The Bertz CT molecular complexity index is 1250. The summed E-state index contributed by atoms with van der Waals surface area (Å²) in [6, 6.07) is 8.55. The fraction of sp³-hybridized carbons (Fsp3) is 0.304. The van der Waals surface area contributed by atoms with Crippen LogP contribution in [0.1, 0.15) is 11.1 Å². The average molecular weight is 459 g/mol. The number of carbonyl (C=O) groups is 1. The minimum Gasteiger partial charge on any atom is -0.484 e. The summed E-state index contributed by atoms with van der Waals surface area (Å²) in [6.45, 7) is -0.0255. The summed E-state index contributed by atoms with van der Waals surface area (Å²) in [5, 5.41) is 24.6. The number of halogens is 3. The van der Waals surface area contributed by atoms with Gasteiger partial charge in [-0.15, -0.1) is 0 Å². The van der Waals surface area contributed by atoms with Crippen LogP contribution >= 0.6 is 0 Å². The lowest BCUT2D eigenvalue weighted by Gasteiger charge is -2.35. The molecule has 0 spiro atoms. The summed E-state index contributed by atoms with van der Waals surface area (Å²) in [6.07, 6.45) is -2.41. The molecule has 0 saturated carbocycles. The van der Waals surface area contributed by atoms with E-state index < -0.39 is 30.4 Å². The van der Waals surface area contributed by atoms with E-state index in [4.69, 9.17) is 4.74 Å². The van der Waals surface area contributed by atoms with Crippen molar-refractivity contribution in [2.24, 2.45) is 7.05 Å². The van der Waals surface area contributed by atoms with Crippen molar-refractivity contribution in [3.63, 3.8) is 0 Å². The molecule has 2 aliphatic rings. The molecule has 10 heteroatoms. The molecule has 5 rings (SSSR count). The van der Waals surface area contributed by atoms with Crippen molar-refractivity contribution in [1.29, 1.82) is 0 Å². The third-order valence-electron chi connectivity index (χ3n) is 6.09. The van der Waals surface area contributed by atoms with Gasteiger partial charge in [-0.2, -0.15) is 18.3 Å². The van der Waals surface area contributed by atoms with Crippen molar-refractivity contribution in [3.8, 4) is 28.0 Å². The predicted octanol–water partition coefficient (Wildman–Crippen LogP) is 2.45. The summed E-state index contributed by atoms with van der Waals surface area (Å²) in [4.78, 5) is 13.6. The van der Waals surface area contributed by atoms with Gasteiger partial charge in [0.15, 0.2) is 6.61 Å². The Balaban J connectivity index is 1.64. The van der Waals surface area contributed by atoms with Crippen molar-refractivity contribution < 1.29 is 32.9 Å². The summed E-state index contributed by atoms with van der Waals surface area (Å²) >= 11 is 0. The molecule has 1 aromatic heterocycles. The first kappa shape index (κ1) is 21.5. The van der Waals surface area contributed by atoms with Crippen molar-refractivity contribution >= 4 is 5.91 Å². The van der Waals surface area contributed by atoms with Crippen molar-refractivity contribution in [2.75, 3.05) is 19.7 Å². The number of aromatic nitrogens is 2. The van der Waals surface area contributed by atoms with E-state index in [1.54, 1.807) is 25.4 Å². The van der Waals surface area contributed by atoms with E-state index in [0.717, 1.165) is 6.07 Å². The van der Waals surface area contributed by atoms with Gasteiger partial charge in [-0.25, -0.2) is 0 Å². The first-order valence-electron chi connectivity index (χ1n) is 10.2. The highest BCUT2D eigenvalue weighted by atomic mass is 19.4. The maximum absolute atomic E-state index is 14.3. The standard InChI is InChI=1S/C23H20F3N3O4/c1-28-9-13(8-27-28)17-6-15(33-12-20(31)29-10-14(30)11-29)7-19-21(17)16-4-2-3-5-18(16)22(19,32)23(24,25)26/h2-9,14,30,32H,10-12H2,1H3. The molecular weight excluding hydrogens is 439 g/mol. The fourth-order valence-corrected chi connectivity index (χ4v) is 4.42. The van der Waals surface area contributed by atoms with Crippen LogP contribution in [0, 0.1) is 0 Å². The summed E-state index contributed by atoms with van der Waals surface area (Å²) in [7, 11) is 1.68. The van der Waals surface area contributed by atoms with Crippen molar-refractivity contribution in [1.82, 2.24) is 14.7 Å². The molecular formula is C23H20F3N3O4. The van der Waals surface area contributed by atoms with Crippen LogP contribution in [0.25, 0.3) is 22.3 Å². The van der Waals surface area contributed by atoms with Crippen LogP contribution in [-0.4, -0.2) is 62.8 Å². The number of hydrogen-bond donors (Lipinski definition) is 2. The van der Waals surface area contributed by atoms with Crippen LogP contribution in [0.5, 0.6) is 5.75 Å². The van der Waals surface area contributed by atoms with Gasteiger partial charge in [0.25, 0.3) is 5.91 Å². The molecule has 33 heavy (non-hydrogen) atoms. The Labute approximate surface area is 186 Å². The second kappa shape index (κ2) is 7.32. The summed E-state index contributed by atoms with van der Waals surface area (Å²) in [5.41, 5.74) is -2.42. The highest BCUT2D eigenvalue weighted by Gasteiger charge is 2.61. The monoisotopic (exact) mass is 459 g/mol. The number of likely N-dealkylation sites (tertiary alicyclic amines) is 1. The zero-order chi connectivity index (χ0) is 23.5. The Morgan fingerprint density at radius 2 is 1.94 bits per heavy atom. The lowest BCUT2D eigenvalue weighted by molar-refractivity contribution is -0.246. The molecule has 1 aliphatic carbocycles. The number of carbonyl (C=O) groups excluding carboxylic acids is 1. The fourth-order valence-electron chi connectivity index (χ4n) is 4.42. The van der Waals surface area contributed by atoms with E-state index in [1.807, 2.05) is 0 Å². The highest BCUT2D eigenvalue weighted by Crippen LogP contribution is 2.58. The number of alkyl halides is 3. The molecule has 2 aromatic carbocycles. The predicted molar refractivity (Wildman–Crippen MR) is 111 cm³/mol. The third-order valence-corrected chi connectivity index (χ3v) is 6.09. The number of aryl methyl sites for hydroxylation is 1. The van der Waals surface area contributed by atoms with Gasteiger partial charge in [0.2, 0.25) is 5.60 Å². The molecule has 1 saturated heterocycles. The number of amides is 1. The lowest BCUT2D eigenvalue weighted by Crippen LogP contribution is -2.54. The average Bonchev–Trinajstić information content (AvgIpc) is 3.29. The molecule has 1 amide bonds. The van der Waals surface area contributed by atoms with Crippen LogP contribution < -0.4 is 4.74 Å². The Morgan fingerprint density at radius 1 is 1.21 bits per heavy atom. The zero-order valence-corrected chi connectivity index (χ0v) is 17.5. The van der Waals surface area contributed by atoms with Gasteiger partial charge in [-0.3, -0.25) is 9.48 Å². The first-order chi connectivity index (χ1) is 15.6. The van der Waals surface area contributed by atoms with Crippen LogP contribution in [0.2, 0.25) is 0 Å². The molecule has 7 nitrogen and oxygen atoms in total. The summed E-state index contributed by atoms with van der Waals surface area (Å²) < 4.78 is 50.0. The second-order valence-corrected chi connectivity index (χ2v) is 8.29. The van der Waals surface area contributed by atoms with Crippen LogP contribution in [0.3, 0.4) is 0 Å². The molecule has 1 unspecified atom stereocenters. The number of rotatable bonds is 4. The van der Waals surface area contributed by atoms with E-state index >= 15 is 0 Å². The van der Waals surface area contributed by atoms with Gasteiger partial charge in [-0.1, -0.05) is 24.3 Å². The Morgan fingerprint density at radius 3 is 2.58 bits per heavy atom. The zero-order valence-electron chi connectivity index (χ0n) is 17.5. The number of aliphatic hydroxyl groups is 2. The van der Waals surface area contributed by atoms with E-state index in [-0.39, 0.29) is 41.1 Å². The van der Waals surface area contributed by atoms with Gasteiger partial charge >= 0.3 is 6.18 Å². The number of nitrogens with zero attached hydrogens (tertiary/aromatic N) is 3. The van der Waals surface area contributed by atoms with E-state index in [1.165, 1.54) is 34.0 Å². The molecule has 0 bridgehead atoms. The Hall–Kier alpha value is -3.37. The van der Waals surface area contributed by atoms with Crippen LogP contribution in [-0.2, 0) is 17.4 Å². The smallest absolute Gasteiger partial charge is 0.425 e. The van der Waals surface area contributed by atoms with Gasteiger partial charge < -0.3 is 19.8 Å². The van der Waals surface area contributed by atoms with Gasteiger partial charge in [0, 0.05) is 43.0 Å². The molecule has 172 valence electrons. The normalized spacial score (nSPS) is 19.8. The van der Waals surface area contributed by atoms with Gasteiger partial charge in [0.1, 0.15) is 5.75 Å². The molecule has 3 aromatic rings. The third kappa shape index (κ3) is 3.28. The topological polar surface area (TPSA) is 87.8 Å². The van der Waals surface area contributed by atoms with Crippen LogP contribution in [0.4, 0.5) is 13.2 Å². The number of ether oxygens (including phenoxy) is 1. The quantitative estimate of drug-likeness (QED) is 0.626. The maximum Gasteiger partial charge on any atom is 0.425 e. The highest BCUT2D eigenvalue weighted by molar-refractivity contribution is 5.93. The van der Waals surface area contributed by atoms with E-state index in [2.05, 4.69) is 5.10 Å².